The van der Waals surface area contributed by atoms with Crippen LogP contribution in [0.3, 0.4) is 0 Å². The second kappa shape index (κ2) is 7.42. The fourth-order valence-corrected chi connectivity index (χ4v) is 3.42. The molecular formula is C14H17N3O2S2. The Hall–Kier alpha value is -1.60. The maximum absolute atomic E-state index is 12.1. The molecule has 1 heterocycles. The zero-order chi connectivity index (χ0) is 15.2. The van der Waals surface area contributed by atoms with E-state index in [1.54, 1.807) is 19.1 Å². The number of carbonyl (C=O) groups is 1. The Kier molecular flexibility index (Phi) is 5.58. The van der Waals surface area contributed by atoms with Crippen LogP contribution in [0.5, 0.6) is 5.75 Å². The maximum Gasteiger partial charge on any atom is 0.233 e. The summed E-state index contributed by atoms with van der Waals surface area (Å²) in [5.74, 6) is 1.26. The number of hydrogen-bond acceptors (Lipinski definition) is 6. The molecule has 1 aromatic heterocycles. The first-order valence-electron chi connectivity index (χ1n) is 6.38. The predicted molar refractivity (Wildman–Crippen MR) is 84.8 cm³/mol. The van der Waals surface area contributed by atoms with Gasteiger partial charge in [0.15, 0.2) is 4.34 Å². The molecule has 0 saturated heterocycles. The van der Waals surface area contributed by atoms with Gasteiger partial charge in [-0.3, -0.25) is 4.79 Å². The number of rotatable bonds is 6. The highest BCUT2D eigenvalue weighted by molar-refractivity contribution is 8.01. The van der Waals surface area contributed by atoms with E-state index in [9.17, 15) is 4.79 Å². The van der Waals surface area contributed by atoms with Crippen LogP contribution >= 0.6 is 23.1 Å². The molecule has 0 aliphatic rings. The summed E-state index contributed by atoms with van der Waals surface area (Å²) in [6.07, 6.45) is 0. The standard InChI is InChI=1S/C14H17N3O2S2/c1-10-15-16-14(21-10)20-9-13(18)17(2)8-11-4-6-12(19-3)7-5-11/h4-7H,8-9H2,1-3H3. The average Bonchev–Trinajstić information content (AvgIpc) is 2.91. The van der Waals surface area contributed by atoms with Gasteiger partial charge in [0.1, 0.15) is 10.8 Å². The van der Waals surface area contributed by atoms with Gasteiger partial charge in [0.25, 0.3) is 0 Å². The molecule has 5 nitrogen and oxygen atoms in total. The molecule has 7 heteroatoms. The molecule has 0 bridgehead atoms. The number of methoxy groups -OCH3 is 1. The minimum atomic E-state index is 0.0728. The number of aromatic nitrogens is 2. The van der Waals surface area contributed by atoms with E-state index in [4.69, 9.17) is 4.74 Å². The summed E-state index contributed by atoms with van der Waals surface area (Å²) in [7, 11) is 3.44. The Morgan fingerprint density at radius 3 is 2.62 bits per heavy atom. The number of aryl methyl sites for hydroxylation is 1. The molecule has 112 valence electrons. The van der Waals surface area contributed by atoms with Gasteiger partial charge in [-0.2, -0.15) is 0 Å². The third-order valence-corrected chi connectivity index (χ3v) is 4.79. The molecule has 0 N–H and O–H groups in total. The van der Waals surface area contributed by atoms with E-state index in [0.717, 1.165) is 20.7 Å². The van der Waals surface area contributed by atoms with Crippen molar-refractivity contribution in [1.82, 2.24) is 15.1 Å². The highest BCUT2D eigenvalue weighted by atomic mass is 32.2. The fourth-order valence-electron chi connectivity index (χ4n) is 1.66. The van der Waals surface area contributed by atoms with Crippen LogP contribution in [0.1, 0.15) is 10.6 Å². The molecule has 1 aromatic carbocycles. The van der Waals surface area contributed by atoms with Gasteiger partial charge in [-0.25, -0.2) is 0 Å². The lowest BCUT2D eigenvalue weighted by Crippen LogP contribution is -2.27. The minimum absolute atomic E-state index is 0.0728. The molecule has 0 spiro atoms. The van der Waals surface area contributed by atoms with Crippen LogP contribution < -0.4 is 4.74 Å². The van der Waals surface area contributed by atoms with E-state index in [-0.39, 0.29) is 5.91 Å². The Morgan fingerprint density at radius 1 is 1.33 bits per heavy atom. The van der Waals surface area contributed by atoms with Gasteiger partial charge in [-0.15, -0.1) is 10.2 Å². The number of ether oxygens (including phenoxy) is 1. The van der Waals surface area contributed by atoms with Crippen molar-refractivity contribution in [3.8, 4) is 5.75 Å². The van der Waals surface area contributed by atoms with Crippen molar-refractivity contribution >= 4 is 29.0 Å². The molecule has 1 amide bonds. The third-order valence-electron chi connectivity index (χ3n) is 2.83. The van der Waals surface area contributed by atoms with Crippen molar-refractivity contribution in [1.29, 1.82) is 0 Å². The molecule has 0 atom stereocenters. The van der Waals surface area contributed by atoms with Gasteiger partial charge in [0.05, 0.1) is 12.9 Å². The summed E-state index contributed by atoms with van der Waals surface area (Å²) in [4.78, 5) is 13.8. The number of thioether (sulfide) groups is 1. The van der Waals surface area contributed by atoms with Crippen molar-refractivity contribution in [3.63, 3.8) is 0 Å². The Balaban J connectivity index is 1.83. The van der Waals surface area contributed by atoms with Crippen LogP contribution in [-0.2, 0) is 11.3 Å². The molecule has 0 unspecified atom stereocenters. The van der Waals surface area contributed by atoms with E-state index < -0.39 is 0 Å². The molecule has 2 aromatic rings. The lowest BCUT2D eigenvalue weighted by atomic mass is 10.2. The lowest BCUT2D eigenvalue weighted by Gasteiger charge is -2.16. The summed E-state index contributed by atoms with van der Waals surface area (Å²) in [5, 5.41) is 8.84. The van der Waals surface area contributed by atoms with Gasteiger partial charge >= 0.3 is 0 Å². The van der Waals surface area contributed by atoms with Gasteiger partial charge in [-0.1, -0.05) is 35.2 Å². The molecule has 0 fully saturated rings. The molecule has 21 heavy (non-hydrogen) atoms. The van der Waals surface area contributed by atoms with Crippen LogP contribution in [0, 0.1) is 6.92 Å². The highest BCUT2D eigenvalue weighted by Crippen LogP contribution is 2.22. The first kappa shape index (κ1) is 15.8. The van der Waals surface area contributed by atoms with Gasteiger partial charge < -0.3 is 9.64 Å². The van der Waals surface area contributed by atoms with Crippen LogP contribution in [-0.4, -0.2) is 40.9 Å². The molecule has 0 aliphatic heterocycles. The zero-order valence-corrected chi connectivity index (χ0v) is 13.8. The predicted octanol–water partition coefficient (Wildman–Crippen LogP) is 2.61. The Labute approximate surface area is 132 Å². The molecule has 2 rings (SSSR count). The summed E-state index contributed by atoms with van der Waals surface area (Å²) < 4.78 is 5.95. The molecule has 0 radical (unpaired) electrons. The van der Waals surface area contributed by atoms with Gasteiger partial charge in [-0.05, 0) is 24.6 Å². The first-order valence-corrected chi connectivity index (χ1v) is 8.18. The SMILES string of the molecule is COc1ccc(CN(C)C(=O)CSc2nnc(C)s2)cc1. The van der Waals surface area contributed by atoms with Crippen molar-refractivity contribution < 1.29 is 9.53 Å². The third kappa shape index (κ3) is 4.71. The second-order valence-corrected chi connectivity index (χ2v) is 6.88. The quantitative estimate of drug-likeness (QED) is 0.765. The number of nitrogens with zero attached hydrogens (tertiary/aromatic N) is 3. The summed E-state index contributed by atoms with van der Waals surface area (Å²) in [6.45, 7) is 2.48. The Morgan fingerprint density at radius 2 is 2.05 bits per heavy atom. The van der Waals surface area contributed by atoms with Crippen LogP contribution in [0.25, 0.3) is 0 Å². The summed E-state index contributed by atoms with van der Waals surface area (Å²) in [5.41, 5.74) is 1.07. The minimum Gasteiger partial charge on any atom is -0.497 e. The normalized spacial score (nSPS) is 10.4. The van der Waals surface area contributed by atoms with E-state index in [1.165, 1.54) is 23.1 Å². The largest absolute Gasteiger partial charge is 0.497 e. The lowest BCUT2D eigenvalue weighted by molar-refractivity contribution is -0.127. The Bertz CT molecular complexity index is 599. The molecule has 0 saturated carbocycles. The molecular weight excluding hydrogens is 306 g/mol. The first-order chi connectivity index (χ1) is 10.1. The number of hydrogen-bond donors (Lipinski definition) is 0. The van der Waals surface area contributed by atoms with Crippen LogP contribution in [0.15, 0.2) is 28.6 Å². The van der Waals surface area contributed by atoms with E-state index in [1.807, 2.05) is 31.2 Å². The van der Waals surface area contributed by atoms with E-state index in [0.29, 0.717) is 12.3 Å². The topological polar surface area (TPSA) is 55.3 Å². The van der Waals surface area contributed by atoms with E-state index in [2.05, 4.69) is 10.2 Å². The fraction of sp³-hybridized carbons (Fsp3) is 0.357. The van der Waals surface area contributed by atoms with Crippen LogP contribution in [0.2, 0.25) is 0 Å². The second-order valence-electron chi connectivity index (χ2n) is 4.47. The van der Waals surface area contributed by atoms with Crippen molar-refractivity contribution in [2.45, 2.75) is 17.8 Å². The number of carbonyl (C=O) groups excluding carboxylic acids is 1. The van der Waals surface area contributed by atoms with Crippen molar-refractivity contribution in [3.05, 3.63) is 34.8 Å². The summed E-state index contributed by atoms with van der Waals surface area (Å²) >= 11 is 2.93. The zero-order valence-electron chi connectivity index (χ0n) is 12.2. The van der Waals surface area contributed by atoms with Crippen LogP contribution in [0.4, 0.5) is 0 Å². The van der Waals surface area contributed by atoms with Gasteiger partial charge in [0.2, 0.25) is 5.91 Å². The average molecular weight is 323 g/mol. The highest BCUT2D eigenvalue weighted by Gasteiger charge is 2.11. The smallest absolute Gasteiger partial charge is 0.233 e. The molecule has 0 aliphatic carbocycles. The van der Waals surface area contributed by atoms with E-state index >= 15 is 0 Å². The number of amides is 1. The maximum atomic E-state index is 12.1. The van der Waals surface area contributed by atoms with Crippen molar-refractivity contribution in [2.24, 2.45) is 0 Å². The summed E-state index contributed by atoms with van der Waals surface area (Å²) in [6, 6.07) is 7.71. The van der Waals surface area contributed by atoms with Gasteiger partial charge in [0, 0.05) is 13.6 Å². The monoisotopic (exact) mass is 323 g/mol. The number of benzene rings is 1. The van der Waals surface area contributed by atoms with Crippen molar-refractivity contribution in [2.75, 3.05) is 19.9 Å².